The summed E-state index contributed by atoms with van der Waals surface area (Å²) in [6.45, 7) is 6.18. The molecule has 172 valence electrons. The van der Waals surface area contributed by atoms with Gasteiger partial charge in [-0.25, -0.2) is 4.79 Å². The van der Waals surface area contributed by atoms with Gasteiger partial charge in [0.05, 0.1) is 6.61 Å². The molecule has 0 radical (unpaired) electrons. The van der Waals surface area contributed by atoms with Gasteiger partial charge in [0.2, 0.25) is 0 Å². The van der Waals surface area contributed by atoms with Crippen LogP contribution in [-0.4, -0.2) is 48.9 Å². The third-order valence-corrected chi connectivity index (χ3v) is 4.65. The van der Waals surface area contributed by atoms with Crippen LogP contribution in [0.1, 0.15) is 31.1 Å². The molecular weight excluding hydrogens is 427 g/mol. The van der Waals surface area contributed by atoms with Gasteiger partial charge in [-0.3, -0.25) is 4.79 Å². The van der Waals surface area contributed by atoms with E-state index in [-0.39, 0.29) is 18.3 Å². The van der Waals surface area contributed by atoms with Crippen molar-refractivity contribution in [3.63, 3.8) is 0 Å². The number of hydrogen-bond acceptors (Lipinski definition) is 5. The summed E-state index contributed by atoms with van der Waals surface area (Å²) >= 11 is 0. The van der Waals surface area contributed by atoms with E-state index in [0.717, 1.165) is 0 Å². The first-order chi connectivity index (χ1) is 14.9. The molecule has 1 aliphatic rings. The van der Waals surface area contributed by atoms with Crippen LogP contribution in [0.2, 0.25) is 0 Å². The zero-order valence-corrected chi connectivity index (χ0v) is 17.9. The van der Waals surface area contributed by atoms with Crippen LogP contribution in [0.5, 0.6) is 11.5 Å². The molecule has 0 bridgehead atoms. The molecule has 0 spiro atoms. The van der Waals surface area contributed by atoms with Gasteiger partial charge in [0.1, 0.15) is 5.60 Å². The Morgan fingerprint density at radius 1 is 1.09 bits per heavy atom. The quantitative estimate of drug-likeness (QED) is 0.557. The largest absolute Gasteiger partial charge is 0.573 e. The van der Waals surface area contributed by atoms with Crippen molar-refractivity contribution in [1.82, 2.24) is 4.90 Å². The minimum Gasteiger partial charge on any atom is -0.489 e. The lowest BCUT2D eigenvalue weighted by atomic mass is 10.00. The maximum absolute atomic E-state index is 13.0. The molecule has 0 aliphatic carbocycles. The molecule has 3 rings (SSSR count). The molecule has 0 unspecified atom stereocenters. The van der Waals surface area contributed by atoms with Crippen molar-refractivity contribution in [2.24, 2.45) is 5.92 Å². The average molecular weight is 451 g/mol. The topological polar surface area (TPSA) is 65.1 Å². The molecule has 1 fully saturated rings. The molecule has 1 amide bonds. The van der Waals surface area contributed by atoms with E-state index in [9.17, 15) is 22.8 Å². The van der Waals surface area contributed by atoms with Gasteiger partial charge in [-0.1, -0.05) is 30.3 Å². The number of carbonyl (C=O) groups is 2. The standard InChI is InChI=1S/C23H24F3NO5/c1-22(2,3)32-21(29)27-11-15(12-27)14-30-19-9-8-16(10-20(19)31-23(24,25)26)18-7-5-4-6-17(18)13-28/h4-10,13,15H,11-12,14H2,1-3H3. The number of amides is 1. The van der Waals surface area contributed by atoms with Crippen LogP contribution in [0.25, 0.3) is 11.1 Å². The summed E-state index contributed by atoms with van der Waals surface area (Å²) in [5, 5.41) is 0. The first-order valence-corrected chi connectivity index (χ1v) is 10.0. The van der Waals surface area contributed by atoms with E-state index in [4.69, 9.17) is 9.47 Å². The van der Waals surface area contributed by atoms with E-state index in [1.165, 1.54) is 17.0 Å². The molecule has 0 atom stereocenters. The van der Waals surface area contributed by atoms with Crippen LogP contribution >= 0.6 is 0 Å². The summed E-state index contributed by atoms with van der Waals surface area (Å²) in [6.07, 6.45) is -4.71. The Kier molecular flexibility index (Phi) is 6.66. The first-order valence-electron chi connectivity index (χ1n) is 10.0. The lowest BCUT2D eigenvalue weighted by Gasteiger charge is -2.39. The van der Waals surface area contributed by atoms with Crippen molar-refractivity contribution in [2.45, 2.75) is 32.7 Å². The molecule has 9 heteroatoms. The van der Waals surface area contributed by atoms with Crippen LogP contribution in [0, 0.1) is 5.92 Å². The molecule has 32 heavy (non-hydrogen) atoms. The van der Waals surface area contributed by atoms with Gasteiger partial charge in [-0.2, -0.15) is 0 Å². The van der Waals surface area contributed by atoms with Crippen molar-refractivity contribution < 1.29 is 37.0 Å². The van der Waals surface area contributed by atoms with Crippen molar-refractivity contribution >= 4 is 12.4 Å². The summed E-state index contributed by atoms with van der Waals surface area (Å²) in [4.78, 5) is 24.8. The lowest BCUT2D eigenvalue weighted by Crippen LogP contribution is -2.53. The number of aldehydes is 1. The summed E-state index contributed by atoms with van der Waals surface area (Å²) in [7, 11) is 0. The Balaban J connectivity index is 1.70. The maximum Gasteiger partial charge on any atom is 0.573 e. The van der Waals surface area contributed by atoms with Gasteiger partial charge in [0.25, 0.3) is 0 Å². The second-order valence-electron chi connectivity index (χ2n) is 8.48. The first kappa shape index (κ1) is 23.4. The second kappa shape index (κ2) is 9.10. The molecule has 0 N–H and O–H groups in total. The van der Waals surface area contributed by atoms with Crippen molar-refractivity contribution in [3.05, 3.63) is 48.0 Å². The Labute approximate surface area is 183 Å². The highest BCUT2D eigenvalue weighted by Gasteiger charge is 2.35. The number of ether oxygens (including phenoxy) is 3. The molecule has 2 aromatic rings. The van der Waals surface area contributed by atoms with E-state index in [2.05, 4.69) is 4.74 Å². The molecular formula is C23H24F3NO5. The molecule has 1 heterocycles. The molecule has 0 aromatic heterocycles. The number of benzene rings is 2. The number of likely N-dealkylation sites (tertiary alicyclic amines) is 1. The normalized spacial score (nSPS) is 14.5. The number of halogens is 3. The van der Waals surface area contributed by atoms with Crippen LogP contribution in [-0.2, 0) is 4.74 Å². The third-order valence-electron chi connectivity index (χ3n) is 4.65. The number of carbonyl (C=O) groups excluding carboxylic acids is 2. The van der Waals surface area contributed by atoms with E-state index >= 15 is 0 Å². The fourth-order valence-corrected chi connectivity index (χ4v) is 3.22. The van der Waals surface area contributed by atoms with Crippen molar-refractivity contribution in [2.75, 3.05) is 19.7 Å². The predicted molar refractivity (Wildman–Crippen MR) is 111 cm³/mol. The van der Waals surface area contributed by atoms with Gasteiger partial charge in [0.15, 0.2) is 17.8 Å². The number of rotatable bonds is 6. The highest BCUT2D eigenvalue weighted by atomic mass is 19.4. The van der Waals surface area contributed by atoms with Crippen LogP contribution in [0.15, 0.2) is 42.5 Å². The van der Waals surface area contributed by atoms with E-state index < -0.39 is 23.8 Å². The smallest absolute Gasteiger partial charge is 0.489 e. The Morgan fingerprint density at radius 2 is 1.78 bits per heavy atom. The molecule has 6 nitrogen and oxygen atoms in total. The molecule has 2 aromatic carbocycles. The molecule has 1 aliphatic heterocycles. The Hall–Kier alpha value is -3.23. The fourth-order valence-electron chi connectivity index (χ4n) is 3.22. The second-order valence-corrected chi connectivity index (χ2v) is 8.48. The zero-order chi connectivity index (χ0) is 23.5. The predicted octanol–water partition coefficient (Wildman–Crippen LogP) is 5.31. The van der Waals surface area contributed by atoms with Gasteiger partial charge in [0, 0.05) is 24.6 Å². The zero-order valence-electron chi connectivity index (χ0n) is 17.9. The van der Waals surface area contributed by atoms with E-state index in [0.29, 0.717) is 36.1 Å². The molecule has 0 saturated carbocycles. The monoisotopic (exact) mass is 451 g/mol. The van der Waals surface area contributed by atoms with E-state index in [1.54, 1.807) is 51.1 Å². The number of alkyl halides is 3. The number of nitrogens with zero attached hydrogens (tertiary/aromatic N) is 1. The highest BCUT2D eigenvalue weighted by Crippen LogP contribution is 2.37. The number of hydrogen-bond donors (Lipinski definition) is 0. The minimum atomic E-state index is -4.91. The third kappa shape index (κ3) is 6.15. The Morgan fingerprint density at radius 3 is 2.41 bits per heavy atom. The van der Waals surface area contributed by atoms with Gasteiger partial charge in [-0.15, -0.1) is 13.2 Å². The fraction of sp³-hybridized carbons (Fsp3) is 0.391. The summed E-state index contributed by atoms with van der Waals surface area (Å²) < 4.78 is 53.9. The van der Waals surface area contributed by atoms with Gasteiger partial charge in [-0.05, 0) is 44.0 Å². The lowest BCUT2D eigenvalue weighted by molar-refractivity contribution is -0.275. The van der Waals surface area contributed by atoms with Crippen molar-refractivity contribution in [3.8, 4) is 22.6 Å². The van der Waals surface area contributed by atoms with Gasteiger partial charge < -0.3 is 19.1 Å². The van der Waals surface area contributed by atoms with Crippen LogP contribution < -0.4 is 9.47 Å². The molecule has 1 saturated heterocycles. The van der Waals surface area contributed by atoms with Crippen molar-refractivity contribution in [1.29, 1.82) is 0 Å². The summed E-state index contributed by atoms with van der Waals surface area (Å²) in [5.74, 6) is -0.624. The Bertz CT molecular complexity index is 978. The summed E-state index contributed by atoms with van der Waals surface area (Å²) in [6, 6.07) is 10.7. The van der Waals surface area contributed by atoms with Gasteiger partial charge >= 0.3 is 12.5 Å². The average Bonchev–Trinajstić information content (AvgIpc) is 2.65. The minimum absolute atomic E-state index is 0.0447. The van der Waals surface area contributed by atoms with E-state index in [1.807, 2.05) is 0 Å². The van der Waals surface area contributed by atoms with Crippen LogP contribution in [0.4, 0.5) is 18.0 Å². The maximum atomic E-state index is 13.0. The highest BCUT2D eigenvalue weighted by molar-refractivity contribution is 5.88. The van der Waals surface area contributed by atoms with Crippen LogP contribution in [0.3, 0.4) is 0 Å². The summed E-state index contributed by atoms with van der Waals surface area (Å²) in [5.41, 5.74) is 0.607. The SMILES string of the molecule is CC(C)(C)OC(=O)N1CC(COc2ccc(-c3ccccc3C=O)cc2OC(F)(F)F)C1.